The molecule has 5 heteroatoms. The van der Waals surface area contributed by atoms with Crippen molar-refractivity contribution in [1.29, 1.82) is 0 Å². The second-order valence-corrected chi connectivity index (χ2v) is 9.08. The molecule has 0 aromatic heterocycles. The van der Waals surface area contributed by atoms with Gasteiger partial charge in [0.1, 0.15) is 12.6 Å². The highest BCUT2D eigenvalue weighted by Gasteiger charge is 2.24. The van der Waals surface area contributed by atoms with Crippen LogP contribution in [0, 0.1) is 0 Å². The summed E-state index contributed by atoms with van der Waals surface area (Å²) in [5.41, 5.74) is 4.09. The van der Waals surface area contributed by atoms with E-state index in [-0.39, 0.29) is 12.2 Å². The van der Waals surface area contributed by atoms with E-state index in [1.165, 1.54) is 5.57 Å². The Bertz CT molecular complexity index is 871. The van der Waals surface area contributed by atoms with Gasteiger partial charge in [-0.25, -0.2) is 4.79 Å². The van der Waals surface area contributed by atoms with Crippen LogP contribution in [0.25, 0.3) is 11.1 Å². The Morgan fingerprint density at radius 2 is 1.74 bits per heavy atom. The number of carbonyl (C=O) groups excluding carboxylic acids is 1. The molecule has 1 N–H and O–H groups in total. The van der Waals surface area contributed by atoms with Gasteiger partial charge in [0.05, 0.1) is 26.3 Å². The number of quaternary nitrogens is 1. The zero-order chi connectivity index (χ0) is 22.3. The van der Waals surface area contributed by atoms with Gasteiger partial charge in [-0.2, -0.15) is 0 Å². The maximum Gasteiger partial charge on any atom is 0.411 e. The third-order valence-electron chi connectivity index (χ3n) is 6.01. The first-order valence-corrected chi connectivity index (χ1v) is 11.2. The summed E-state index contributed by atoms with van der Waals surface area (Å²) in [4.78, 5) is 15.0. The van der Waals surface area contributed by atoms with Gasteiger partial charge in [0, 0.05) is 25.2 Å². The molecule has 1 aliphatic heterocycles. The van der Waals surface area contributed by atoms with Gasteiger partial charge in [0.15, 0.2) is 0 Å². The lowest BCUT2D eigenvalue weighted by atomic mass is 10.0. The molecule has 0 bridgehead atoms. The maximum absolute atomic E-state index is 12.6. The highest BCUT2D eigenvalue weighted by molar-refractivity contribution is 5.91. The number of carbonyl (C=O) groups is 1. The van der Waals surface area contributed by atoms with Gasteiger partial charge in [-0.15, -0.1) is 0 Å². The minimum Gasteiger partial charge on any atom is -0.446 e. The molecule has 3 rings (SSSR count). The zero-order valence-corrected chi connectivity index (χ0v) is 19.1. The van der Waals surface area contributed by atoms with E-state index in [1.54, 1.807) is 0 Å². The second-order valence-electron chi connectivity index (χ2n) is 9.08. The summed E-state index contributed by atoms with van der Waals surface area (Å²) in [6, 6.07) is 17.9. The second kappa shape index (κ2) is 10.6. The quantitative estimate of drug-likeness (QED) is 0.480. The van der Waals surface area contributed by atoms with Crippen molar-refractivity contribution in [2.45, 2.75) is 25.9 Å². The number of para-hydroxylation sites is 1. The van der Waals surface area contributed by atoms with Crippen LogP contribution >= 0.6 is 0 Å². The van der Waals surface area contributed by atoms with Gasteiger partial charge in [-0.1, -0.05) is 55.1 Å². The van der Waals surface area contributed by atoms with Crippen molar-refractivity contribution >= 4 is 11.8 Å². The fourth-order valence-corrected chi connectivity index (χ4v) is 4.02. The molecule has 1 fully saturated rings. The minimum absolute atomic E-state index is 0.0451. The number of nitrogens with zero attached hydrogens (tertiary/aromatic N) is 2. The van der Waals surface area contributed by atoms with E-state index in [0.29, 0.717) is 0 Å². The van der Waals surface area contributed by atoms with Gasteiger partial charge < -0.3 is 9.22 Å². The summed E-state index contributed by atoms with van der Waals surface area (Å²) in [5.74, 6) is 0. The molecule has 0 saturated carbocycles. The third kappa shape index (κ3) is 6.94. The van der Waals surface area contributed by atoms with E-state index in [9.17, 15) is 4.79 Å². The van der Waals surface area contributed by atoms with E-state index in [4.69, 9.17) is 4.74 Å². The first-order valence-electron chi connectivity index (χ1n) is 11.2. The Hall–Kier alpha value is -2.63. The topological polar surface area (TPSA) is 41.6 Å². The van der Waals surface area contributed by atoms with Crippen molar-refractivity contribution in [3.05, 3.63) is 66.7 Å². The Labute approximate surface area is 186 Å². The van der Waals surface area contributed by atoms with Crippen LogP contribution in [0.2, 0.25) is 0 Å². The van der Waals surface area contributed by atoms with Crippen LogP contribution in [-0.2, 0) is 4.74 Å². The van der Waals surface area contributed by atoms with Crippen molar-refractivity contribution < 1.29 is 14.0 Å². The lowest BCUT2D eigenvalue weighted by Gasteiger charge is -2.34. The molecule has 0 atom stereocenters. The van der Waals surface area contributed by atoms with Gasteiger partial charge in [0.25, 0.3) is 0 Å². The van der Waals surface area contributed by atoms with Gasteiger partial charge in [-0.3, -0.25) is 10.2 Å². The summed E-state index contributed by atoms with van der Waals surface area (Å²) in [5, 5.41) is 2.94. The SMILES string of the molecule is C=C(CN1CCC(OC(=O)Nc2ccccc2-c2ccccc2)CC1)C[N+](C)(C)CC. The Kier molecular flexibility index (Phi) is 7.88. The maximum atomic E-state index is 12.6. The summed E-state index contributed by atoms with van der Waals surface area (Å²) >= 11 is 0. The fourth-order valence-electron chi connectivity index (χ4n) is 4.02. The van der Waals surface area contributed by atoms with E-state index >= 15 is 0 Å². The minimum atomic E-state index is -0.381. The molecule has 1 amide bonds. The number of hydrogen-bond acceptors (Lipinski definition) is 3. The molecule has 0 radical (unpaired) electrons. The number of amides is 1. The Balaban J connectivity index is 1.48. The van der Waals surface area contributed by atoms with Crippen molar-refractivity contribution in [3.8, 4) is 11.1 Å². The molecule has 1 saturated heterocycles. The number of anilines is 1. The molecule has 1 aliphatic rings. The first kappa shape index (κ1) is 23.0. The van der Waals surface area contributed by atoms with Crippen LogP contribution < -0.4 is 5.32 Å². The summed E-state index contributed by atoms with van der Waals surface area (Å²) in [6.07, 6.45) is 1.28. The highest BCUT2D eigenvalue weighted by Crippen LogP contribution is 2.28. The van der Waals surface area contributed by atoms with E-state index in [1.807, 2.05) is 54.6 Å². The molecular formula is C26H36N3O2+. The van der Waals surface area contributed by atoms with Crippen molar-refractivity contribution in [3.63, 3.8) is 0 Å². The number of nitrogens with one attached hydrogen (secondary N) is 1. The van der Waals surface area contributed by atoms with Crippen molar-refractivity contribution in [2.75, 3.05) is 52.1 Å². The van der Waals surface area contributed by atoms with E-state index < -0.39 is 0 Å². The largest absolute Gasteiger partial charge is 0.446 e. The number of rotatable bonds is 8. The van der Waals surface area contributed by atoms with Crippen LogP contribution in [0.5, 0.6) is 0 Å². The number of piperidine rings is 1. The van der Waals surface area contributed by atoms with Crippen LogP contribution in [0.1, 0.15) is 19.8 Å². The number of likely N-dealkylation sites (N-methyl/N-ethyl adjacent to an activating group) is 1. The smallest absolute Gasteiger partial charge is 0.411 e. The van der Waals surface area contributed by atoms with Crippen LogP contribution in [0.15, 0.2) is 66.7 Å². The summed E-state index contributed by atoms with van der Waals surface area (Å²) in [7, 11) is 4.47. The Morgan fingerprint density at radius 1 is 1.10 bits per heavy atom. The lowest BCUT2D eigenvalue weighted by molar-refractivity contribution is -0.883. The lowest BCUT2D eigenvalue weighted by Crippen LogP contribution is -2.44. The predicted molar refractivity (Wildman–Crippen MR) is 128 cm³/mol. The normalized spacial score (nSPS) is 15.5. The number of hydrogen-bond donors (Lipinski definition) is 1. The standard InChI is InChI=1S/C26H35N3O2/c1-5-29(3,4)20-21(2)19-28-17-15-23(16-18-28)31-26(30)27-25-14-10-9-13-24(25)22-11-7-6-8-12-22/h6-14,23H,2,5,15-20H2,1,3-4H3/p+1. The predicted octanol–water partition coefficient (Wildman–Crippen LogP) is 5.02. The van der Waals surface area contributed by atoms with Gasteiger partial charge in [-0.05, 0) is 37.0 Å². The molecule has 0 unspecified atom stereocenters. The van der Waals surface area contributed by atoms with Crippen LogP contribution in [0.4, 0.5) is 10.5 Å². The molecule has 166 valence electrons. The van der Waals surface area contributed by atoms with E-state index in [2.05, 4.69) is 37.8 Å². The number of benzene rings is 2. The summed E-state index contributed by atoms with van der Waals surface area (Å²) < 4.78 is 6.70. The monoisotopic (exact) mass is 422 g/mol. The highest BCUT2D eigenvalue weighted by atomic mass is 16.6. The first-order chi connectivity index (χ1) is 14.9. The van der Waals surface area contributed by atoms with Crippen LogP contribution in [0.3, 0.4) is 0 Å². The van der Waals surface area contributed by atoms with Crippen LogP contribution in [-0.4, -0.2) is 68.4 Å². The molecule has 1 heterocycles. The van der Waals surface area contributed by atoms with Gasteiger partial charge >= 0.3 is 6.09 Å². The molecule has 0 spiro atoms. The molecule has 2 aromatic rings. The van der Waals surface area contributed by atoms with Gasteiger partial charge in [0.2, 0.25) is 0 Å². The van der Waals surface area contributed by atoms with E-state index in [0.717, 1.165) is 66.9 Å². The summed E-state index contributed by atoms with van der Waals surface area (Å²) in [6.45, 7) is 11.4. The zero-order valence-electron chi connectivity index (χ0n) is 19.1. The number of likely N-dealkylation sites (tertiary alicyclic amines) is 1. The Morgan fingerprint density at radius 3 is 2.42 bits per heavy atom. The number of ether oxygens (including phenoxy) is 1. The average molecular weight is 423 g/mol. The third-order valence-corrected chi connectivity index (χ3v) is 6.01. The molecule has 5 nitrogen and oxygen atoms in total. The molecular weight excluding hydrogens is 386 g/mol. The molecule has 2 aromatic carbocycles. The average Bonchev–Trinajstić information content (AvgIpc) is 2.76. The fraction of sp³-hybridized carbons (Fsp3) is 0.423. The molecule has 0 aliphatic carbocycles. The van der Waals surface area contributed by atoms with Crippen molar-refractivity contribution in [1.82, 2.24) is 4.90 Å². The molecule has 31 heavy (non-hydrogen) atoms. The van der Waals surface area contributed by atoms with Crippen molar-refractivity contribution in [2.24, 2.45) is 0 Å².